The summed E-state index contributed by atoms with van der Waals surface area (Å²) >= 11 is 6.45. The van der Waals surface area contributed by atoms with Gasteiger partial charge in [-0.1, -0.05) is 25.4 Å². The number of hydrogen-bond donors (Lipinski definition) is 2. The molecule has 2 heterocycles. The quantitative estimate of drug-likeness (QED) is 0.746. The molecule has 8 heteroatoms. The minimum absolute atomic E-state index is 0.219. The summed E-state index contributed by atoms with van der Waals surface area (Å²) in [5.41, 5.74) is 8.55. The van der Waals surface area contributed by atoms with E-state index in [-0.39, 0.29) is 5.91 Å². The third-order valence-electron chi connectivity index (χ3n) is 3.88. The number of carbonyl (C=O) groups is 1. The number of nitrogens with zero attached hydrogens (tertiary/aromatic N) is 4. The zero-order valence-electron chi connectivity index (χ0n) is 14.2. The summed E-state index contributed by atoms with van der Waals surface area (Å²) in [6.45, 7) is 4.17. The molecule has 130 valence electrons. The van der Waals surface area contributed by atoms with E-state index in [0.29, 0.717) is 34.6 Å². The van der Waals surface area contributed by atoms with E-state index in [1.807, 2.05) is 0 Å². The largest absolute Gasteiger partial charge is 0.384 e. The second-order valence-corrected chi connectivity index (χ2v) is 6.58. The number of nitrogens with two attached hydrogens (primary N) is 1. The topological polar surface area (TPSA) is 98.7 Å². The molecule has 7 nitrogen and oxygen atoms in total. The maximum Gasteiger partial charge on any atom is 0.252 e. The van der Waals surface area contributed by atoms with Crippen LogP contribution in [0.15, 0.2) is 24.8 Å². The van der Waals surface area contributed by atoms with Gasteiger partial charge in [-0.05, 0) is 24.0 Å². The Labute approximate surface area is 150 Å². The van der Waals surface area contributed by atoms with Gasteiger partial charge in [-0.3, -0.25) is 9.36 Å². The lowest BCUT2D eigenvalue weighted by Gasteiger charge is -2.14. The van der Waals surface area contributed by atoms with E-state index in [0.717, 1.165) is 16.6 Å². The van der Waals surface area contributed by atoms with E-state index in [1.54, 1.807) is 30.1 Å². The number of nitrogen functional groups attached to an aromatic ring is 1. The van der Waals surface area contributed by atoms with Crippen LogP contribution in [0.1, 0.15) is 29.8 Å². The number of halogens is 1. The normalized spacial score (nSPS) is 11.2. The Kier molecular flexibility index (Phi) is 4.59. The van der Waals surface area contributed by atoms with Gasteiger partial charge in [0.2, 0.25) is 0 Å². The van der Waals surface area contributed by atoms with Crippen molar-refractivity contribution in [3.8, 4) is 5.82 Å². The molecule has 1 amide bonds. The molecule has 0 unspecified atom stereocenters. The van der Waals surface area contributed by atoms with Crippen molar-refractivity contribution < 1.29 is 4.79 Å². The van der Waals surface area contributed by atoms with Crippen molar-refractivity contribution in [3.63, 3.8) is 0 Å². The summed E-state index contributed by atoms with van der Waals surface area (Å²) in [7, 11) is 1.59. The Balaban J connectivity index is 2.29. The predicted octanol–water partition coefficient (Wildman–Crippen LogP) is 2.61. The molecule has 25 heavy (non-hydrogen) atoms. The molecule has 0 atom stereocenters. The summed E-state index contributed by atoms with van der Waals surface area (Å²) in [4.78, 5) is 25.0. The summed E-state index contributed by atoms with van der Waals surface area (Å²) in [5.74, 6) is 1.07. The fourth-order valence-electron chi connectivity index (χ4n) is 2.84. The second-order valence-electron chi connectivity index (χ2n) is 6.17. The highest BCUT2D eigenvalue weighted by molar-refractivity contribution is 6.35. The lowest BCUT2D eigenvalue weighted by atomic mass is 9.96. The molecule has 2 aromatic heterocycles. The Hall–Kier alpha value is -2.67. The first-order valence-electron chi connectivity index (χ1n) is 7.90. The molecule has 1 aromatic carbocycles. The molecule has 0 spiro atoms. The summed E-state index contributed by atoms with van der Waals surface area (Å²) in [5, 5.41) is 3.03. The average Bonchev–Trinajstić information content (AvgIpc) is 2.97. The monoisotopic (exact) mass is 358 g/mol. The Morgan fingerprint density at radius 2 is 2.08 bits per heavy atom. The van der Waals surface area contributed by atoms with Crippen LogP contribution in [0.3, 0.4) is 0 Å². The van der Waals surface area contributed by atoms with Gasteiger partial charge in [-0.2, -0.15) is 0 Å². The van der Waals surface area contributed by atoms with Gasteiger partial charge < -0.3 is 11.1 Å². The van der Waals surface area contributed by atoms with E-state index in [9.17, 15) is 4.79 Å². The zero-order valence-corrected chi connectivity index (χ0v) is 15.0. The van der Waals surface area contributed by atoms with Crippen LogP contribution in [0.25, 0.3) is 16.9 Å². The van der Waals surface area contributed by atoms with E-state index in [1.165, 1.54) is 6.33 Å². The number of nitrogens with one attached hydrogen (secondary N) is 1. The molecule has 0 saturated heterocycles. The fraction of sp³-hybridized carbons (Fsp3) is 0.294. The highest BCUT2D eigenvalue weighted by Gasteiger charge is 2.22. The van der Waals surface area contributed by atoms with Crippen molar-refractivity contribution in [1.82, 2.24) is 24.8 Å². The number of imidazole rings is 1. The number of benzene rings is 1. The van der Waals surface area contributed by atoms with E-state index in [4.69, 9.17) is 17.3 Å². The second kappa shape index (κ2) is 6.68. The standard InChI is InChI=1S/C17H19ClN6O/c1-9(2)4-10-15(17(25)20-3)11(18)5-12-16(10)23-8-24(12)14-6-13(19)21-7-22-14/h5-9H,4H2,1-3H3,(H,20,25)(H2,19,21,22). The number of rotatable bonds is 4. The van der Waals surface area contributed by atoms with Crippen LogP contribution in [-0.2, 0) is 6.42 Å². The van der Waals surface area contributed by atoms with Crippen LogP contribution in [-0.4, -0.2) is 32.5 Å². The van der Waals surface area contributed by atoms with Crippen molar-refractivity contribution in [3.05, 3.63) is 40.9 Å². The third kappa shape index (κ3) is 3.15. The summed E-state index contributed by atoms with van der Waals surface area (Å²) in [6.07, 6.45) is 3.73. The maximum absolute atomic E-state index is 12.3. The lowest BCUT2D eigenvalue weighted by molar-refractivity contribution is 0.0962. The van der Waals surface area contributed by atoms with Crippen molar-refractivity contribution in [1.29, 1.82) is 0 Å². The number of amides is 1. The Morgan fingerprint density at radius 1 is 1.32 bits per heavy atom. The highest BCUT2D eigenvalue weighted by Crippen LogP contribution is 2.31. The zero-order chi connectivity index (χ0) is 18.1. The minimum atomic E-state index is -0.219. The molecule has 3 N–H and O–H groups in total. The van der Waals surface area contributed by atoms with Gasteiger partial charge in [0.1, 0.15) is 24.3 Å². The molecule has 0 bridgehead atoms. The fourth-order valence-corrected chi connectivity index (χ4v) is 3.14. The lowest BCUT2D eigenvalue weighted by Crippen LogP contribution is -2.21. The Bertz CT molecular complexity index is 950. The third-order valence-corrected chi connectivity index (χ3v) is 4.18. The van der Waals surface area contributed by atoms with Crippen LogP contribution in [0.4, 0.5) is 5.82 Å². The van der Waals surface area contributed by atoms with Crippen LogP contribution in [0.2, 0.25) is 5.02 Å². The van der Waals surface area contributed by atoms with Gasteiger partial charge in [0, 0.05) is 13.1 Å². The van der Waals surface area contributed by atoms with Gasteiger partial charge in [0.05, 0.1) is 21.6 Å². The van der Waals surface area contributed by atoms with Crippen LogP contribution < -0.4 is 11.1 Å². The number of anilines is 1. The molecule has 0 fully saturated rings. The van der Waals surface area contributed by atoms with Crippen LogP contribution >= 0.6 is 11.6 Å². The van der Waals surface area contributed by atoms with Crippen molar-refractivity contribution in [2.24, 2.45) is 5.92 Å². The molecule has 0 saturated carbocycles. The molecule has 0 aliphatic carbocycles. The van der Waals surface area contributed by atoms with Gasteiger partial charge in [-0.15, -0.1) is 0 Å². The van der Waals surface area contributed by atoms with E-state index >= 15 is 0 Å². The number of hydrogen-bond acceptors (Lipinski definition) is 5. The molecule has 0 radical (unpaired) electrons. The van der Waals surface area contributed by atoms with Crippen molar-refractivity contribution in [2.75, 3.05) is 12.8 Å². The molecule has 3 aromatic rings. The maximum atomic E-state index is 12.3. The predicted molar refractivity (Wildman–Crippen MR) is 98.0 cm³/mol. The summed E-state index contributed by atoms with van der Waals surface area (Å²) in [6, 6.07) is 3.39. The smallest absolute Gasteiger partial charge is 0.252 e. The van der Waals surface area contributed by atoms with Gasteiger partial charge in [0.25, 0.3) is 5.91 Å². The van der Waals surface area contributed by atoms with E-state index < -0.39 is 0 Å². The van der Waals surface area contributed by atoms with Crippen LogP contribution in [0.5, 0.6) is 0 Å². The van der Waals surface area contributed by atoms with Gasteiger partial charge in [-0.25, -0.2) is 15.0 Å². The number of carbonyl (C=O) groups excluding carboxylic acids is 1. The van der Waals surface area contributed by atoms with Crippen molar-refractivity contribution in [2.45, 2.75) is 20.3 Å². The average molecular weight is 359 g/mol. The van der Waals surface area contributed by atoms with Crippen LogP contribution in [0, 0.1) is 5.92 Å². The first-order valence-corrected chi connectivity index (χ1v) is 8.28. The molecular formula is C17H19ClN6O. The van der Waals surface area contributed by atoms with Crippen molar-refractivity contribution >= 4 is 34.4 Å². The van der Waals surface area contributed by atoms with Gasteiger partial charge in [0.15, 0.2) is 0 Å². The van der Waals surface area contributed by atoms with Gasteiger partial charge >= 0.3 is 0 Å². The molecule has 0 aliphatic heterocycles. The Morgan fingerprint density at radius 3 is 2.72 bits per heavy atom. The molecule has 3 rings (SSSR count). The number of aromatic nitrogens is 4. The minimum Gasteiger partial charge on any atom is -0.384 e. The first kappa shape index (κ1) is 17.2. The SMILES string of the molecule is CNC(=O)c1c(Cl)cc2c(ncn2-c2cc(N)ncn2)c1CC(C)C. The summed E-state index contributed by atoms with van der Waals surface area (Å²) < 4.78 is 1.79. The number of fused-ring (bicyclic) bond motifs is 1. The molecule has 0 aliphatic rings. The molecular weight excluding hydrogens is 340 g/mol. The first-order chi connectivity index (χ1) is 11.9. The highest BCUT2D eigenvalue weighted by atomic mass is 35.5. The van der Waals surface area contributed by atoms with E-state index in [2.05, 4.69) is 34.1 Å².